The number of rotatable bonds is 5. The van der Waals surface area contributed by atoms with E-state index >= 15 is 0 Å². The van der Waals surface area contributed by atoms with Crippen molar-refractivity contribution < 1.29 is 9.53 Å². The maximum absolute atomic E-state index is 13.7. The van der Waals surface area contributed by atoms with Crippen LogP contribution >= 0.6 is 0 Å². The lowest BCUT2D eigenvalue weighted by molar-refractivity contribution is 0.0743. The van der Waals surface area contributed by atoms with Crippen LogP contribution in [0.4, 0.5) is 0 Å². The number of fused-ring (bicyclic) bond motifs is 1. The molecule has 1 fully saturated rings. The fourth-order valence-electron chi connectivity index (χ4n) is 4.67. The molecule has 0 radical (unpaired) electrons. The van der Waals surface area contributed by atoms with Gasteiger partial charge in [0.25, 0.3) is 5.91 Å². The van der Waals surface area contributed by atoms with Gasteiger partial charge < -0.3 is 14.5 Å². The normalized spacial score (nSPS) is 16.7. The van der Waals surface area contributed by atoms with E-state index in [0.717, 1.165) is 36.1 Å². The van der Waals surface area contributed by atoms with E-state index in [1.54, 1.807) is 24.5 Å². The molecule has 1 aliphatic heterocycles. The highest BCUT2D eigenvalue weighted by Gasteiger charge is 2.28. The lowest BCUT2D eigenvalue weighted by atomic mass is 9.96. The quantitative estimate of drug-likeness (QED) is 0.434. The van der Waals surface area contributed by atoms with Gasteiger partial charge in [-0.15, -0.1) is 0 Å². The summed E-state index contributed by atoms with van der Waals surface area (Å²) in [6, 6.07) is 17.6. The van der Waals surface area contributed by atoms with E-state index in [0.29, 0.717) is 30.3 Å². The first kappa shape index (κ1) is 22.9. The van der Waals surface area contributed by atoms with Crippen LogP contribution in [0.15, 0.2) is 73.2 Å². The fourth-order valence-corrected chi connectivity index (χ4v) is 4.67. The minimum Gasteiger partial charge on any atom is -0.437 e. The van der Waals surface area contributed by atoms with E-state index < -0.39 is 0 Å². The highest BCUT2D eigenvalue weighted by atomic mass is 16.5. The molecule has 1 aromatic carbocycles. The molecule has 0 saturated carbocycles. The Morgan fingerprint density at radius 1 is 0.971 bits per heavy atom. The van der Waals surface area contributed by atoms with Crippen LogP contribution in [0.3, 0.4) is 0 Å². The smallest absolute Gasteiger partial charge is 0.259 e. The number of para-hydroxylation sites is 1. The largest absolute Gasteiger partial charge is 0.437 e. The van der Waals surface area contributed by atoms with E-state index in [2.05, 4.69) is 51.2 Å². The van der Waals surface area contributed by atoms with Crippen molar-refractivity contribution in [1.29, 1.82) is 0 Å². The molecular formula is C28H29N5O2. The molecule has 0 spiro atoms. The third kappa shape index (κ3) is 5.30. The molecule has 0 bridgehead atoms. The van der Waals surface area contributed by atoms with E-state index in [-0.39, 0.29) is 11.8 Å². The second-order valence-corrected chi connectivity index (χ2v) is 9.17. The van der Waals surface area contributed by atoms with Crippen LogP contribution in [0.25, 0.3) is 10.9 Å². The van der Waals surface area contributed by atoms with Gasteiger partial charge in [-0.25, -0.2) is 4.98 Å². The second-order valence-electron chi connectivity index (χ2n) is 9.17. The van der Waals surface area contributed by atoms with Gasteiger partial charge in [0.05, 0.1) is 11.7 Å². The van der Waals surface area contributed by atoms with Crippen molar-refractivity contribution in [3.63, 3.8) is 0 Å². The zero-order chi connectivity index (χ0) is 24.2. The van der Waals surface area contributed by atoms with Crippen molar-refractivity contribution in [2.45, 2.75) is 13.3 Å². The Kier molecular flexibility index (Phi) is 6.68. The first-order chi connectivity index (χ1) is 17.1. The summed E-state index contributed by atoms with van der Waals surface area (Å²) >= 11 is 0. The van der Waals surface area contributed by atoms with Crippen molar-refractivity contribution >= 4 is 16.8 Å². The molecule has 1 saturated heterocycles. The summed E-state index contributed by atoms with van der Waals surface area (Å²) in [6.07, 6.45) is 5.98. The molecular weight excluding hydrogens is 438 g/mol. The van der Waals surface area contributed by atoms with Crippen molar-refractivity contribution in [2.75, 3.05) is 33.2 Å². The number of nitrogens with zero attached hydrogens (tertiary/aromatic N) is 5. The van der Waals surface area contributed by atoms with Crippen LogP contribution in [0.5, 0.6) is 11.6 Å². The maximum atomic E-state index is 13.7. The lowest BCUT2D eigenvalue weighted by Crippen LogP contribution is -2.36. The number of hydrogen-bond acceptors (Lipinski definition) is 6. The topological polar surface area (TPSA) is 71.5 Å². The second kappa shape index (κ2) is 10.2. The molecule has 4 aromatic rings. The minimum absolute atomic E-state index is 0.0653. The average molecular weight is 468 g/mol. The standard InChI is InChI=1S/C28H29N5O2/c1-20-10-11-24(17-31-20)35-27-25(9-5-13-30-27)28(34)33-15-14-32(2)18-21(19-33)16-23-7-3-6-22-8-4-12-29-26(22)23/h3-13,17,21H,14-16,18-19H2,1-2H3/t21-/m0/s1. The molecule has 5 rings (SSSR count). The third-order valence-electron chi connectivity index (χ3n) is 6.41. The summed E-state index contributed by atoms with van der Waals surface area (Å²) in [5, 5.41) is 1.14. The molecule has 0 aliphatic carbocycles. The van der Waals surface area contributed by atoms with Crippen molar-refractivity contribution in [2.24, 2.45) is 5.92 Å². The Morgan fingerprint density at radius 3 is 2.66 bits per heavy atom. The van der Waals surface area contributed by atoms with E-state index in [4.69, 9.17) is 4.74 Å². The Hall–Kier alpha value is -3.84. The number of benzene rings is 1. The summed E-state index contributed by atoms with van der Waals surface area (Å²) in [4.78, 5) is 31.2. The van der Waals surface area contributed by atoms with Gasteiger partial charge in [-0.2, -0.15) is 0 Å². The van der Waals surface area contributed by atoms with Crippen LogP contribution in [-0.4, -0.2) is 63.9 Å². The molecule has 0 unspecified atom stereocenters. The SMILES string of the molecule is Cc1ccc(Oc2ncccc2C(=O)N2CCN(C)C[C@H](Cc3cccc4cccnc34)C2)cn1. The van der Waals surface area contributed by atoms with E-state index in [1.807, 2.05) is 36.2 Å². The summed E-state index contributed by atoms with van der Waals surface area (Å²) in [5.41, 5.74) is 3.61. The first-order valence-electron chi connectivity index (χ1n) is 11.9. The number of amides is 1. The van der Waals surface area contributed by atoms with Gasteiger partial charge >= 0.3 is 0 Å². The Bertz CT molecular complexity index is 1320. The highest BCUT2D eigenvalue weighted by Crippen LogP contribution is 2.26. The highest BCUT2D eigenvalue weighted by molar-refractivity contribution is 5.96. The Balaban J connectivity index is 1.38. The molecule has 1 atom stereocenters. The zero-order valence-corrected chi connectivity index (χ0v) is 20.1. The molecule has 1 amide bonds. The van der Waals surface area contributed by atoms with Crippen molar-refractivity contribution in [1.82, 2.24) is 24.8 Å². The number of carbonyl (C=O) groups is 1. The minimum atomic E-state index is -0.0653. The van der Waals surface area contributed by atoms with Gasteiger partial charge in [0.1, 0.15) is 11.3 Å². The predicted molar refractivity (Wildman–Crippen MR) is 136 cm³/mol. The van der Waals surface area contributed by atoms with Crippen LogP contribution in [0.1, 0.15) is 21.6 Å². The average Bonchev–Trinajstić information content (AvgIpc) is 3.06. The number of ether oxygens (including phenoxy) is 1. The predicted octanol–water partition coefficient (Wildman–Crippen LogP) is 4.37. The van der Waals surface area contributed by atoms with Crippen molar-refractivity contribution in [3.8, 4) is 11.6 Å². The number of pyridine rings is 3. The maximum Gasteiger partial charge on any atom is 0.259 e. The lowest BCUT2D eigenvalue weighted by Gasteiger charge is -2.25. The van der Waals surface area contributed by atoms with Crippen LogP contribution in [-0.2, 0) is 6.42 Å². The Labute approximate surface area is 205 Å². The zero-order valence-electron chi connectivity index (χ0n) is 20.1. The number of aromatic nitrogens is 3. The first-order valence-corrected chi connectivity index (χ1v) is 11.9. The van der Waals surface area contributed by atoms with Gasteiger partial charge in [-0.05, 0) is 62.2 Å². The number of aryl methyl sites for hydroxylation is 1. The molecule has 4 heterocycles. The summed E-state index contributed by atoms with van der Waals surface area (Å²) in [7, 11) is 2.12. The molecule has 35 heavy (non-hydrogen) atoms. The summed E-state index contributed by atoms with van der Waals surface area (Å²) in [6.45, 7) is 4.96. The van der Waals surface area contributed by atoms with Gasteiger partial charge in [-0.3, -0.25) is 14.8 Å². The summed E-state index contributed by atoms with van der Waals surface area (Å²) in [5.74, 6) is 1.07. The molecule has 3 aromatic heterocycles. The van der Waals surface area contributed by atoms with Crippen LogP contribution in [0.2, 0.25) is 0 Å². The molecule has 7 nitrogen and oxygen atoms in total. The van der Waals surface area contributed by atoms with Crippen LogP contribution in [0, 0.1) is 12.8 Å². The molecule has 1 aliphatic rings. The van der Waals surface area contributed by atoms with Crippen molar-refractivity contribution in [3.05, 3.63) is 90.0 Å². The summed E-state index contributed by atoms with van der Waals surface area (Å²) < 4.78 is 5.96. The molecule has 7 heteroatoms. The number of carbonyl (C=O) groups excluding carboxylic acids is 1. The van der Waals surface area contributed by atoms with Gasteiger partial charge in [0.2, 0.25) is 5.88 Å². The van der Waals surface area contributed by atoms with Gasteiger partial charge in [0, 0.05) is 49.7 Å². The number of hydrogen-bond donors (Lipinski definition) is 0. The van der Waals surface area contributed by atoms with Gasteiger partial charge in [0.15, 0.2) is 0 Å². The number of likely N-dealkylation sites (N-methyl/N-ethyl adjacent to an activating group) is 1. The molecule has 0 N–H and O–H groups in total. The monoisotopic (exact) mass is 467 g/mol. The van der Waals surface area contributed by atoms with Gasteiger partial charge in [-0.1, -0.05) is 24.3 Å². The third-order valence-corrected chi connectivity index (χ3v) is 6.41. The fraction of sp³-hybridized carbons (Fsp3) is 0.286. The van der Waals surface area contributed by atoms with E-state index in [1.165, 1.54) is 5.56 Å². The molecule has 178 valence electrons. The Morgan fingerprint density at radius 2 is 1.80 bits per heavy atom. The van der Waals surface area contributed by atoms with E-state index in [9.17, 15) is 4.79 Å². The van der Waals surface area contributed by atoms with Crippen LogP contribution < -0.4 is 4.74 Å².